The third-order valence-corrected chi connectivity index (χ3v) is 4.44. The van der Waals surface area contributed by atoms with E-state index < -0.39 is 0 Å². The van der Waals surface area contributed by atoms with Crippen LogP contribution in [0.1, 0.15) is 43.2 Å². The molecule has 1 saturated carbocycles. The zero-order chi connectivity index (χ0) is 11.5. The molecule has 1 aromatic carbocycles. The minimum Gasteiger partial charge on any atom is -0.314 e. The Hall–Kier alpha value is -0.820. The minimum absolute atomic E-state index is 0.812. The molecule has 0 radical (unpaired) electrons. The molecule has 2 aliphatic rings. The van der Waals surface area contributed by atoms with Gasteiger partial charge in [0.05, 0.1) is 0 Å². The van der Waals surface area contributed by atoms with Gasteiger partial charge in [-0.2, -0.15) is 0 Å². The fourth-order valence-electron chi connectivity index (χ4n) is 3.43. The van der Waals surface area contributed by atoms with E-state index >= 15 is 0 Å². The summed E-state index contributed by atoms with van der Waals surface area (Å²) in [7, 11) is 0. The molecule has 0 amide bonds. The number of hydrogen-bond donors (Lipinski definition) is 1. The van der Waals surface area contributed by atoms with E-state index in [4.69, 9.17) is 0 Å². The van der Waals surface area contributed by atoms with Crippen LogP contribution in [-0.4, -0.2) is 12.6 Å². The van der Waals surface area contributed by atoms with Crippen LogP contribution < -0.4 is 5.32 Å². The normalized spacial score (nSPS) is 21.6. The SMILES string of the molecule is c1ccc2c(c1)CC(CNC1CCCCC1)C2. The van der Waals surface area contributed by atoms with Crippen LogP contribution in [-0.2, 0) is 12.8 Å². The lowest BCUT2D eigenvalue weighted by molar-refractivity contribution is 0.349. The monoisotopic (exact) mass is 229 g/mol. The van der Waals surface area contributed by atoms with Gasteiger partial charge in [-0.25, -0.2) is 0 Å². The van der Waals surface area contributed by atoms with E-state index in [2.05, 4.69) is 29.6 Å². The molecule has 0 spiro atoms. The number of benzene rings is 1. The Morgan fingerprint density at radius 1 is 0.941 bits per heavy atom. The Balaban J connectivity index is 1.48. The minimum atomic E-state index is 0.812. The topological polar surface area (TPSA) is 12.0 Å². The van der Waals surface area contributed by atoms with Gasteiger partial charge in [-0.1, -0.05) is 43.5 Å². The van der Waals surface area contributed by atoms with Crippen LogP contribution in [0.5, 0.6) is 0 Å². The van der Waals surface area contributed by atoms with Crippen LogP contribution in [0, 0.1) is 5.92 Å². The van der Waals surface area contributed by atoms with Crippen molar-refractivity contribution in [3.63, 3.8) is 0 Å². The molecule has 92 valence electrons. The lowest BCUT2D eigenvalue weighted by Crippen LogP contribution is -2.35. The van der Waals surface area contributed by atoms with Crippen molar-refractivity contribution in [3.8, 4) is 0 Å². The maximum atomic E-state index is 3.80. The molecule has 0 unspecified atom stereocenters. The van der Waals surface area contributed by atoms with E-state index in [1.54, 1.807) is 11.1 Å². The Labute approximate surface area is 105 Å². The summed E-state index contributed by atoms with van der Waals surface area (Å²) in [4.78, 5) is 0. The molecule has 1 heteroatoms. The van der Waals surface area contributed by atoms with Gasteiger partial charge in [0.25, 0.3) is 0 Å². The highest BCUT2D eigenvalue weighted by atomic mass is 14.9. The van der Waals surface area contributed by atoms with Gasteiger partial charge in [0.1, 0.15) is 0 Å². The molecule has 1 N–H and O–H groups in total. The first-order valence-corrected chi connectivity index (χ1v) is 7.22. The van der Waals surface area contributed by atoms with E-state index in [0.29, 0.717) is 0 Å². The van der Waals surface area contributed by atoms with Crippen LogP contribution in [0.2, 0.25) is 0 Å². The Bertz CT molecular complexity index is 341. The van der Waals surface area contributed by atoms with Crippen molar-refractivity contribution >= 4 is 0 Å². The van der Waals surface area contributed by atoms with E-state index in [9.17, 15) is 0 Å². The van der Waals surface area contributed by atoms with Crippen LogP contribution in [0.25, 0.3) is 0 Å². The molecule has 1 fully saturated rings. The van der Waals surface area contributed by atoms with Gasteiger partial charge in [-0.3, -0.25) is 0 Å². The highest BCUT2D eigenvalue weighted by molar-refractivity contribution is 5.32. The van der Waals surface area contributed by atoms with E-state index in [-0.39, 0.29) is 0 Å². The highest BCUT2D eigenvalue weighted by Gasteiger charge is 2.22. The third kappa shape index (κ3) is 2.71. The zero-order valence-corrected chi connectivity index (χ0v) is 10.6. The van der Waals surface area contributed by atoms with Crippen molar-refractivity contribution in [2.24, 2.45) is 5.92 Å². The van der Waals surface area contributed by atoms with Gasteiger partial charge in [-0.05, 0) is 49.3 Å². The first-order chi connectivity index (χ1) is 8.42. The molecule has 17 heavy (non-hydrogen) atoms. The van der Waals surface area contributed by atoms with Crippen LogP contribution >= 0.6 is 0 Å². The number of nitrogens with one attached hydrogen (secondary N) is 1. The van der Waals surface area contributed by atoms with Gasteiger partial charge in [-0.15, -0.1) is 0 Å². The van der Waals surface area contributed by atoms with Crippen molar-refractivity contribution in [2.45, 2.75) is 51.0 Å². The van der Waals surface area contributed by atoms with Crippen molar-refractivity contribution in [1.29, 1.82) is 0 Å². The molecule has 0 aromatic heterocycles. The molecule has 2 aliphatic carbocycles. The smallest absolute Gasteiger partial charge is 0.00671 e. The first kappa shape index (κ1) is 11.3. The molecule has 0 bridgehead atoms. The van der Waals surface area contributed by atoms with E-state index in [0.717, 1.165) is 12.0 Å². The summed E-state index contributed by atoms with van der Waals surface area (Å²) in [5.41, 5.74) is 3.17. The maximum Gasteiger partial charge on any atom is 0.00671 e. The molecule has 3 rings (SSSR count). The number of hydrogen-bond acceptors (Lipinski definition) is 1. The van der Waals surface area contributed by atoms with Gasteiger partial charge >= 0.3 is 0 Å². The summed E-state index contributed by atoms with van der Waals surface area (Å²) < 4.78 is 0. The average Bonchev–Trinajstić information content (AvgIpc) is 2.80. The molecular formula is C16H23N. The van der Waals surface area contributed by atoms with E-state index in [1.807, 2.05) is 0 Å². The van der Waals surface area contributed by atoms with Crippen molar-refractivity contribution in [2.75, 3.05) is 6.54 Å². The molecule has 0 heterocycles. The summed E-state index contributed by atoms with van der Waals surface area (Å²) in [5, 5.41) is 3.80. The second kappa shape index (κ2) is 5.22. The fourth-order valence-corrected chi connectivity index (χ4v) is 3.43. The lowest BCUT2D eigenvalue weighted by Gasteiger charge is -2.24. The second-order valence-electron chi connectivity index (χ2n) is 5.79. The second-order valence-corrected chi connectivity index (χ2v) is 5.79. The summed E-state index contributed by atoms with van der Waals surface area (Å²) in [6, 6.07) is 9.77. The van der Waals surface area contributed by atoms with Gasteiger partial charge in [0, 0.05) is 6.04 Å². The standard InChI is InChI=1S/C16H23N/c1-2-8-16(9-3-1)17-12-13-10-14-6-4-5-7-15(14)11-13/h4-7,13,16-17H,1-3,8-12H2. The highest BCUT2D eigenvalue weighted by Crippen LogP contribution is 2.26. The van der Waals surface area contributed by atoms with Gasteiger partial charge in [0.2, 0.25) is 0 Å². The number of rotatable bonds is 3. The van der Waals surface area contributed by atoms with Crippen LogP contribution in [0.4, 0.5) is 0 Å². The summed E-state index contributed by atoms with van der Waals surface area (Å²) in [6.45, 7) is 1.22. The van der Waals surface area contributed by atoms with Crippen molar-refractivity contribution in [3.05, 3.63) is 35.4 Å². The van der Waals surface area contributed by atoms with Gasteiger partial charge in [0.15, 0.2) is 0 Å². The molecular weight excluding hydrogens is 206 g/mol. The predicted molar refractivity (Wildman–Crippen MR) is 72.2 cm³/mol. The predicted octanol–water partition coefficient (Wildman–Crippen LogP) is 3.32. The van der Waals surface area contributed by atoms with E-state index in [1.165, 1.54) is 51.5 Å². The summed E-state index contributed by atoms with van der Waals surface area (Å²) >= 11 is 0. The Morgan fingerprint density at radius 2 is 1.59 bits per heavy atom. The maximum absolute atomic E-state index is 3.80. The number of fused-ring (bicyclic) bond motifs is 1. The molecule has 0 aliphatic heterocycles. The van der Waals surface area contributed by atoms with Crippen LogP contribution in [0.3, 0.4) is 0 Å². The summed E-state index contributed by atoms with van der Waals surface area (Å²) in [6.07, 6.45) is 9.70. The Kier molecular flexibility index (Phi) is 3.46. The molecule has 0 atom stereocenters. The first-order valence-electron chi connectivity index (χ1n) is 7.22. The largest absolute Gasteiger partial charge is 0.314 e. The Morgan fingerprint density at radius 3 is 2.24 bits per heavy atom. The third-order valence-electron chi connectivity index (χ3n) is 4.44. The fraction of sp³-hybridized carbons (Fsp3) is 0.625. The molecule has 0 saturated heterocycles. The summed E-state index contributed by atoms with van der Waals surface area (Å²) in [5.74, 6) is 0.842. The quantitative estimate of drug-likeness (QED) is 0.838. The van der Waals surface area contributed by atoms with Crippen molar-refractivity contribution in [1.82, 2.24) is 5.32 Å². The van der Waals surface area contributed by atoms with Gasteiger partial charge < -0.3 is 5.32 Å². The zero-order valence-electron chi connectivity index (χ0n) is 10.6. The molecule has 1 aromatic rings. The average molecular weight is 229 g/mol. The van der Waals surface area contributed by atoms with Crippen LogP contribution in [0.15, 0.2) is 24.3 Å². The van der Waals surface area contributed by atoms with Crippen molar-refractivity contribution < 1.29 is 0 Å². The molecule has 1 nitrogen and oxygen atoms in total. The lowest BCUT2D eigenvalue weighted by atomic mass is 9.95.